The molecule has 6 saturated carbocycles. The van der Waals surface area contributed by atoms with Gasteiger partial charge in [-0.25, -0.2) is 34.9 Å². The minimum Gasteiger partial charge on any atom is -0.497 e. The molecule has 6 aliphatic carbocycles. The summed E-state index contributed by atoms with van der Waals surface area (Å²) >= 11 is 0. The third-order valence-corrected chi connectivity index (χ3v) is 25.9. The molecule has 1 aliphatic heterocycles. The summed E-state index contributed by atoms with van der Waals surface area (Å²) in [5.74, 6) is 8.25. The summed E-state index contributed by atoms with van der Waals surface area (Å²) in [7, 11) is 17.6. The van der Waals surface area contributed by atoms with Crippen molar-refractivity contribution in [2.45, 2.75) is 322 Å². The number of hydrogen-bond donors (Lipinski definition) is 10. The molecule has 0 aromatic heterocycles. The van der Waals surface area contributed by atoms with Crippen LogP contribution in [0.4, 0.5) is 45.5 Å². The zero-order valence-electron chi connectivity index (χ0n) is 92.0. The maximum absolute atomic E-state index is 5.51. The number of fused-ring (bicyclic) bond motifs is 1. The van der Waals surface area contributed by atoms with Crippen molar-refractivity contribution in [3.05, 3.63) is 212 Å². The lowest BCUT2D eigenvalue weighted by Gasteiger charge is -2.34. The molecule has 0 radical (unpaired) electrons. The van der Waals surface area contributed by atoms with Gasteiger partial charge in [-0.1, -0.05) is 231 Å². The summed E-state index contributed by atoms with van der Waals surface area (Å²) in [5.41, 5.74) is 7.46. The zero-order chi connectivity index (χ0) is 104. The van der Waals surface area contributed by atoms with E-state index < -0.39 is 0 Å². The Morgan fingerprint density at radius 2 is 0.669 bits per heavy atom. The van der Waals surface area contributed by atoms with E-state index in [0.29, 0.717) is 72.3 Å². The average Bonchev–Trinajstić information content (AvgIpc) is 0.789. The van der Waals surface area contributed by atoms with Crippen LogP contribution >= 0.6 is 0 Å². The molecular weight excluding hydrogens is 1800 g/mol. The summed E-state index contributed by atoms with van der Waals surface area (Å²) in [6.45, 7) is 27.1. The molecule has 7 aliphatic rings. The van der Waals surface area contributed by atoms with Crippen molar-refractivity contribution in [2.24, 2.45) is 39.9 Å². The third kappa shape index (κ3) is 46.1. The number of methoxy groups -OCH3 is 1. The molecule has 10 N–H and O–H groups in total. The fraction of sp³-hybridized carbons (Fsp3) is 0.546. The van der Waals surface area contributed by atoms with E-state index >= 15 is 0 Å². The van der Waals surface area contributed by atoms with Crippen LogP contribution in [0.5, 0.6) is 5.75 Å². The predicted octanol–water partition coefficient (Wildman–Crippen LogP) is 25.1. The Bertz CT molecular complexity index is 4850. The van der Waals surface area contributed by atoms with Gasteiger partial charge in [0, 0.05) is 153 Å². The first kappa shape index (κ1) is 117. The Labute approximate surface area is 874 Å². The van der Waals surface area contributed by atoms with Crippen molar-refractivity contribution in [3.63, 3.8) is 0 Å². The molecule has 145 heavy (non-hydrogen) atoms. The van der Waals surface area contributed by atoms with Gasteiger partial charge in [0.25, 0.3) is 0 Å². The van der Waals surface area contributed by atoms with Crippen LogP contribution in [0.1, 0.15) is 262 Å². The number of morpholine rings is 1. The largest absolute Gasteiger partial charge is 0.497 e. The summed E-state index contributed by atoms with van der Waals surface area (Å²) < 4.78 is 10.7. The predicted molar refractivity (Wildman–Crippen MR) is 622 cm³/mol. The SMILES string of the molecule is C1CCC(N=C(NC2CCCCC2)N2CCOCC2)CC1.C1CCC(N=C(NC2CCCCC2)NC2CCCCC2)CC1.CC(C)NC(=NC1CCCCC1)NC(C)C.CCN(CC)C(=NC(C)C)NC(C)C.CN(C)C(=Nc1cccc2cccc(N=C(N(C)C)N(C)C)c12)N(C)C.COc1ccc(N=C(Nc2ccccc2)Nc2ccccc2)cc1.c1ccc(N=C(Nc2ccccc2)Nc2ccccc2)cc1. The standard InChI is InChI=1S/C20H30N6.C20H19N3O.C19H35N3.C19H17N3.C17H31N3O.C13H27N3.C11H25N3/c1-23(2)19(24(3)4)21-16-13-9-11-15-12-10-14-17(18(15)16)22-20(25(5)6)26(7)8;1-24-19-14-12-18(13-15-19)23-20(21-16-8-4-2-5-9-16)22-17-10-6-3-7-11-17;2*1-4-10-16(11-5-1)20-19(21-17-12-6-2-7-13-17)22-18-14-8-3-9-15-18;1-3-7-15(8-4-1)18-17(20-11-13-21-14-12-20)19-16-9-5-2-6-10-16;1-10(2)14-13(15-11(3)4)16-12-8-6-5-7-9-12;1-7-14(8-2)11(12-9(3)4)13-10(5)6/h9-14H,1-8H3;2-15H,1H3,(H2,21,22,23);16-18H,1-15H2,(H2,20,21,22);1-15H,(H2,20,21,22);15-16H,1-14H2,(H,18,19);10-12H,5-9H2,1-4H3,(H2,14,15,16);9-10H,7-8H2,1-6H3,(H,12,13). The Hall–Kier alpha value is -12.1. The maximum atomic E-state index is 5.51. The Balaban J connectivity index is 0.000000190. The molecule has 1 saturated heterocycles. The number of rotatable bonds is 21. The fourth-order valence-corrected chi connectivity index (χ4v) is 18.6. The number of anilines is 4. The van der Waals surface area contributed by atoms with Gasteiger partial charge in [-0.15, -0.1) is 0 Å². The number of ether oxygens (including phenoxy) is 2. The number of guanidine groups is 8. The number of aliphatic imine (C=N–C) groups is 8. The second-order valence-corrected chi connectivity index (χ2v) is 40.9. The highest BCUT2D eigenvalue weighted by Gasteiger charge is 2.26. The quantitative estimate of drug-likeness (QED) is 0.0237. The maximum Gasteiger partial charge on any atom is 0.205 e. The monoisotopic (exact) mass is 1980 g/mol. The Morgan fingerprint density at radius 3 is 1.00 bits per heavy atom. The molecule has 8 aromatic rings. The smallest absolute Gasteiger partial charge is 0.205 e. The molecular formula is C119H184N24O2. The minimum atomic E-state index is 0.344. The van der Waals surface area contributed by atoms with E-state index in [1.54, 1.807) is 7.11 Å². The molecule has 0 spiro atoms. The molecule has 26 heteroatoms. The number of nitrogens with zero attached hydrogens (tertiary/aromatic N) is 14. The topological polar surface area (TPSA) is 257 Å². The van der Waals surface area contributed by atoms with Crippen molar-refractivity contribution >= 4 is 104 Å². The normalized spacial score (nSPS) is 15.9. The van der Waals surface area contributed by atoms with Gasteiger partial charge in [-0.05, 0) is 249 Å². The van der Waals surface area contributed by atoms with Crippen LogP contribution in [0, 0.1) is 0 Å². The van der Waals surface area contributed by atoms with Crippen LogP contribution < -0.4 is 57.9 Å². The van der Waals surface area contributed by atoms with Gasteiger partial charge in [0.1, 0.15) is 5.75 Å². The summed E-state index contributed by atoms with van der Waals surface area (Å²) in [6, 6.07) is 75.0. The molecule has 0 bridgehead atoms. The molecule has 0 atom stereocenters. The van der Waals surface area contributed by atoms with Gasteiger partial charge in [-0.2, -0.15) is 0 Å². The van der Waals surface area contributed by atoms with Crippen LogP contribution in [0.25, 0.3) is 10.8 Å². The Kier molecular flexibility index (Phi) is 53.7. The van der Waals surface area contributed by atoms with E-state index in [4.69, 9.17) is 34.4 Å². The number of nitrogens with one attached hydrogen (secondary N) is 10. The highest BCUT2D eigenvalue weighted by atomic mass is 16.5. The third-order valence-electron chi connectivity index (χ3n) is 25.9. The number of hydrogen-bond acceptors (Lipinski definition) is 10. The van der Waals surface area contributed by atoms with Crippen LogP contribution in [-0.2, 0) is 4.74 Å². The van der Waals surface area contributed by atoms with Crippen molar-refractivity contribution in [1.82, 2.24) is 61.3 Å². The van der Waals surface area contributed by atoms with Gasteiger partial charge < -0.3 is 92.0 Å². The molecule has 8 aromatic carbocycles. The second-order valence-electron chi connectivity index (χ2n) is 40.9. The molecule has 792 valence electrons. The van der Waals surface area contributed by atoms with Crippen molar-refractivity contribution in [1.29, 1.82) is 0 Å². The first-order valence-corrected chi connectivity index (χ1v) is 54.9. The van der Waals surface area contributed by atoms with Crippen molar-refractivity contribution < 1.29 is 9.47 Å². The first-order valence-electron chi connectivity index (χ1n) is 54.9. The molecule has 26 nitrogen and oxygen atoms in total. The lowest BCUT2D eigenvalue weighted by Crippen LogP contribution is -2.51. The second kappa shape index (κ2) is 66.9. The number of benzene rings is 8. The van der Waals surface area contributed by atoms with Gasteiger partial charge >= 0.3 is 0 Å². The highest BCUT2D eigenvalue weighted by Crippen LogP contribution is 2.36. The lowest BCUT2D eigenvalue weighted by atomic mass is 9.94. The number of para-hydroxylation sites is 5. The first-order chi connectivity index (χ1) is 70.3. The van der Waals surface area contributed by atoms with Crippen molar-refractivity contribution in [3.8, 4) is 5.75 Å². The summed E-state index contributed by atoms with van der Waals surface area (Å²) in [6.07, 6.45) is 40.5. The Morgan fingerprint density at radius 1 is 0.345 bits per heavy atom. The zero-order valence-corrected chi connectivity index (χ0v) is 92.0. The van der Waals surface area contributed by atoms with E-state index in [-0.39, 0.29) is 0 Å². The molecule has 1 heterocycles. The van der Waals surface area contributed by atoms with Crippen molar-refractivity contribution in [2.75, 3.05) is 124 Å². The van der Waals surface area contributed by atoms with Crippen LogP contribution in [0.2, 0.25) is 0 Å². The lowest BCUT2D eigenvalue weighted by molar-refractivity contribution is 0.0657. The van der Waals surface area contributed by atoms with Crippen LogP contribution in [-0.4, -0.2) is 240 Å². The molecule has 0 amide bonds. The average molecular weight is 1980 g/mol. The van der Waals surface area contributed by atoms with Gasteiger partial charge in [-0.3, -0.25) is 4.99 Å². The molecule has 7 fully saturated rings. The fourth-order valence-electron chi connectivity index (χ4n) is 18.6. The van der Waals surface area contributed by atoms with Gasteiger partial charge in [0.2, 0.25) is 23.8 Å². The highest BCUT2D eigenvalue weighted by molar-refractivity contribution is 6.07. The summed E-state index contributed by atoms with van der Waals surface area (Å²) in [4.78, 5) is 51.5. The van der Waals surface area contributed by atoms with E-state index in [2.05, 4.69) is 159 Å². The van der Waals surface area contributed by atoms with Crippen LogP contribution in [0.15, 0.2) is 252 Å². The molecule has 15 rings (SSSR count). The van der Waals surface area contributed by atoms with Gasteiger partial charge in [0.15, 0.2) is 23.8 Å². The van der Waals surface area contributed by atoms with E-state index in [1.165, 1.54) is 199 Å². The van der Waals surface area contributed by atoms with Crippen LogP contribution in [0.3, 0.4) is 0 Å². The van der Waals surface area contributed by atoms with E-state index in [0.717, 1.165) is 131 Å². The van der Waals surface area contributed by atoms with Gasteiger partial charge in [0.05, 0.1) is 61.2 Å². The van der Waals surface area contributed by atoms with E-state index in [1.807, 2.05) is 276 Å². The minimum absolute atomic E-state index is 0.344. The molecule has 0 unspecified atom stereocenters. The van der Waals surface area contributed by atoms with E-state index in [9.17, 15) is 0 Å². The summed E-state index contributed by atoms with van der Waals surface area (Å²) in [5, 5.41) is 37.0.